The largest absolute Gasteiger partial charge is 0.493 e. The molecule has 3 aromatic rings. The third-order valence-corrected chi connectivity index (χ3v) is 6.05. The fourth-order valence-electron chi connectivity index (χ4n) is 4.22. The maximum absolute atomic E-state index is 14.5. The van der Waals surface area contributed by atoms with Crippen molar-refractivity contribution in [3.63, 3.8) is 0 Å². The van der Waals surface area contributed by atoms with Crippen LogP contribution in [-0.4, -0.2) is 51.3 Å². The van der Waals surface area contributed by atoms with Gasteiger partial charge in [-0.25, -0.2) is 9.18 Å². The number of methoxy groups -OCH3 is 3. The van der Waals surface area contributed by atoms with Crippen LogP contribution in [0.4, 0.5) is 4.39 Å². The van der Waals surface area contributed by atoms with Crippen LogP contribution in [0.1, 0.15) is 37.9 Å². The number of hydrogen-bond donors (Lipinski definition) is 0. The average molecular weight is 480 g/mol. The maximum Gasteiger partial charge on any atom is 0.337 e. The Labute approximate surface area is 203 Å². The van der Waals surface area contributed by atoms with Crippen molar-refractivity contribution in [3.8, 4) is 17.2 Å². The van der Waals surface area contributed by atoms with Gasteiger partial charge in [-0.3, -0.25) is 4.79 Å². The van der Waals surface area contributed by atoms with Gasteiger partial charge in [0, 0.05) is 6.54 Å². The summed E-state index contributed by atoms with van der Waals surface area (Å²) in [7, 11) is 4.43. The molecule has 0 N–H and O–H groups in total. The number of esters is 1. The van der Waals surface area contributed by atoms with Crippen molar-refractivity contribution in [2.45, 2.75) is 12.5 Å². The van der Waals surface area contributed by atoms with Gasteiger partial charge in [0.1, 0.15) is 18.2 Å². The van der Waals surface area contributed by atoms with Crippen molar-refractivity contribution in [3.05, 3.63) is 88.7 Å². The first-order chi connectivity index (χ1) is 17.0. The van der Waals surface area contributed by atoms with Gasteiger partial charge >= 0.3 is 5.97 Å². The van der Waals surface area contributed by atoms with Crippen molar-refractivity contribution in [2.24, 2.45) is 0 Å². The van der Waals surface area contributed by atoms with E-state index in [1.165, 1.54) is 19.2 Å². The maximum atomic E-state index is 14.5. The number of benzene rings is 3. The molecule has 0 fully saturated rings. The number of carbonyl (C=O) groups excluding carboxylic acids is 2. The van der Waals surface area contributed by atoms with E-state index in [1.54, 1.807) is 55.5 Å². The minimum atomic E-state index is -0.575. The number of ether oxygens (including phenoxy) is 4. The zero-order valence-electron chi connectivity index (χ0n) is 19.7. The zero-order chi connectivity index (χ0) is 24.9. The summed E-state index contributed by atoms with van der Waals surface area (Å²) in [6.07, 6.45) is 0.570. The van der Waals surface area contributed by atoms with Crippen molar-refractivity contribution >= 4 is 11.9 Å². The van der Waals surface area contributed by atoms with Crippen LogP contribution in [0.5, 0.6) is 17.2 Å². The first-order valence-corrected chi connectivity index (χ1v) is 11.1. The van der Waals surface area contributed by atoms with Gasteiger partial charge in [-0.1, -0.05) is 12.1 Å². The highest BCUT2D eigenvalue weighted by Gasteiger charge is 2.34. The van der Waals surface area contributed by atoms with Gasteiger partial charge in [0.25, 0.3) is 5.91 Å². The van der Waals surface area contributed by atoms with Crippen LogP contribution < -0.4 is 14.2 Å². The van der Waals surface area contributed by atoms with Crippen molar-refractivity contribution in [1.82, 2.24) is 4.90 Å². The molecule has 1 unspecified atom stereocenters. The summed E-state index contributed by atoms with van der Waals surface area (Å²) in [6, 6.07) is 15.7. The normalized spacial score (nSPS) is 14.6. The van der Waals surface area contributed by atoms with E-state index in [9.17, 15) is 14.0 Å². The third kappa shape index (κ3) is 4.91. The lowest BCUT2D eigenvalue weighted by molar-refractivity contribution is 0.0579. The number of fused-ring (bicyclic) bond motifs is 1. The Bertz CT molecular complexity index is 1230. The van der Waals surface area contributed by atoms with Gasteiger partial charge in [-0.15, -0.1) is 0 Å². The van der Waals surface area contributed by atoms with E-state index in [1.807, 2.05) is 12.1 Å². The topological polar surface area (TPSA) is 74.3 Å². The third-order valence-electron chi connectivity index (χ3n) is 6.05. The lowest BCUT2D eigenvalue weighted by Gasteiger charge is -2.37. The molecule has 1 heterocycles. The van der Waals surface area contributed by atoms with E-state index in [0.717, 1.165) is 11.1 Å². The zero-order valence-corrected chi connectivity index (χ0v) is 19.7. The molecule has 0 saturated carbocycles. The lowest BCUT2D eigenvalue weighted by Crippen LogP contribution is -2.43. The standard InChI is InChI=1S/C27H26FNO6/c1-32-24-14-18-12-13-29(26(30)20-6-4-5-7-22(20)28)23(21(18)15-25(24)33-2)16-35-19-10-8-17(9-11-19)27(31)34-3/h4-11,14-15,23H,12-13,16H2,1-3H3. The Hall–Kier alpha value is -4.07. The molecule has 0 aromatic heterocycles. The predicted octanol–water partition coefficient (Wildman–Crippen LogP) is 4.45. The van der Waals surface area contributed by atoms with Crippen LogP contribution in [0.3, 0.4) is 0 Å². The number of nitrogens with zero attached hydrogens (tertiary/aromatic N) is 1. The number of hydrogen-bond acceptors (Lipinski definition) is 6. The summed E-state index contributed by atoms with van der Waals surface area (Å²) < 4.78 is 36.2. The smallest absolute Gasteiger partial charge is 0.337 e. The Balaban J connectivity index is 1.67. The molecular weight excluding hydrogens is 453 g/mol. The second kappa shape index (κ2) is 10.5. The van der Waals surface area contributed by atoms with Crippen LogP contribution in [0, 0.1) is 5.82 Å². The summed E-state index contributed by atoms with van der Waals surface area (Å²) in [4.78, 5) is 26.7. The van der Waals surface area contributed by atoms with E-state index < -0.39 is 23.7 Å². The van der Waals surface area contributed by atoms with Crippen LogP contribution in [-0.2, 0) is 11.2 Å². The van der Waals surface area contributed by atoms with E-state index in [-0.39, 0.29) is 12.2 Å². The summed E-state index contributed by atoms with van der Waals surface area (Å²) in [6.45, 7) is 0.491. The van der Waals surface area contributed by atoms with Crippen molar-refractivity contribution < 1.29 is 32.9 Å². The molecule has 0 spiro atoms. The summed E-state index contributed by atoms with van der Waals surface area (Å²) in [5, 5.41) is 0. The van der Waals surface area contributed by atoms with Gasteiger partial charge in [0.2, 0.25) is 0 Å². The fourth-order valence-corrected chi connectivity index (χ4v) is 4.22. The van der Waals surface area contributed by atoms with Gasteiger partial charge in [0.15, 0.2) is 11.5 Å². The number of carbonyl (C=O) groups is 2. The number of rotatable bonds is 7. The molecule has 0 radical (unpaired) electrons. The minimum absolute atomic E-state index is 0.00357. The minimum Gasteiger partial charge on any atom is -0.493 e. The fraction of sp³-hybridized carbons (Fsp3) is 0.259. The molecule has 4 rings (SSSR count). The van der Waals surface area contributed by atoms with Gasteiger partial charge < -0.3 is 23.8 Å². The van der Waals surface area contributed by atoms with Crippen LogP contribution in [0.25, 0.3) is 0 Å². The molecule has 1 amide bonds. The van der Waals surface area contributed by atoms with Crippen LogP contribution in [0.2, 0.25) is 0 Å². The Morgan fingerprint density at radius 1 is 0.971 bits per heavy atom. The summed E-state index contributed by atoms with van der Waals surface area (Å²) in [5.41, 5.74) is 2.24. The highest BCUT2D eigenvalue weighted by molar-refractivity contribution is 5.95. The van der Waals surface area contributed by atoms with Gasteiger partial charge in [-0.2, -0.15) is 0 Å². The molecule has 7 nitrogen and oxygen atoms in total. The second-order valence-corrected chi connectivity index (χ2v) is 7.98. The highest BCUT2D eigenvalue weighted by atomic mass is 19.1. The molecular formula is C27H26FNO6. The molecule has 3 aromatic carbocycles. The molecule has 182 valence electrons. The number of amides is 1. The van der Waals surface area contributed by atoms with E-state index >= 15 is 0 Å². The quantitative estimate of drug-likeness (QED) is 0.466. The van der Waals surface area contributed by atoms with Crippen molar-refractivity contribution in [1.29, 1.82) is 0 Å². The molecule has 0 bridgehead atoms. The number of halogens is 1. The monoisotopic (exact) mass is 479 g/mol. The molecule has 1 aliphatic rings. The molecule has 35 heavy (non-hydrogen) atoms. The van der Waals surface area contributed by atoms with Crippen LogP contribution >= 0.6 is 0 Å². The SMILES string of the molecule is COC(=O)c1ccc(OCC2c3cc(OC)c(OC)cc3CCN2C(=O)c2ccccc2F)cc1. The van der Waals surface area contributed by atoms with Gasteiger partial charge in [-0.05, 0) is 66.1 Å². The molecule has 1 atom stereocenters. The molecule has 0 saturated heterocycles. The predicted molar refractivity (Wildman–Crippen MR) is 127 cm³/mol. The van der Waals surface area contributed by atoms with E-state index in [0.29, 0.717) is 35.8 Å². The molecule has 0 aliphatic carbocycles. The van der Waals surface area contributed by atoms with Crippen LogP contribution in [0.15, 0.2) is 60.7 Å². The Kier molecular flexibility index (Phi) is 7.19. The van der Waals surface area contributed by atoms with E-state index in [2.05, 4.69) is 0 Å². The molecule has 8 heteroatoms. The van der Waals surface area contributed by atoms with Gasteiger partial charge in [0.05, 0.1) is 38.5 Å². The Morgan fingerprint density at radius 2 is 1.66 bits per heavy atom. The Morgan fingerprint density at radius 3 is 2.31 bits per heavy atom. The average Bonchev–Trinajstić information content (AvgIpc) is 2.90. The first-order valence-electron chi connectivity index (χ1n) is 11.1. The second-order valence-electron chi connectivity index (χ2n) is 7.98. The summed E-state index contributed by atoms with van der Waals surface area (Å²) in [5.74, 6) is 0.202. The highest BCUT2D eigenvalue weighted by Crippen LogP contribution is 2.39. The first kappa shape index (κ1) is 24.1. The molecule has 1 aliphatic heterocycles. The summed E-state index contributed by atoms with van der Waals surface area (Å²) >= 11 is 0. The van der Waals surface area contributed by atoms with E-state index in [4.69, 9.17) is 18.9 Å². The van der Waals surface area contributed by atoms with Crippen molar-refractivity contribution in [2.75, 3.05) is 34.5 Å². The lowest BCUT2D eigenvalue weighted by atomic mass is 9.91.